The number of anilines is 1. The van der Waals surface area contributed by atoms with E-state index in [9.17, 15) is 9.59 Å². The number of amides is 1. The number of aryl methyl sites for hydroxylation is 1. The summed E-state index contributed by atoms with van der Waals surface area (Å²) < 4.78 is 0. The van der Waals surface area contributed by atoms with Gasteiger partial charge in [-0.3, -0.25) is 14.6 Å². The van der Waals surface area contributed by atoms with E-state index in [0.717, 1.165) is 11.1 Å². The average Bonchev–Trinajstić information content (AvgIpc) is 2.39. The predicted octanol–water partition coefficient (Wildman–Crippen LogP) is 0.933. The first-order chi connectivity index (χ1) is 9.47. The van der Waals surface area contributed by atoms with Crippen LogP contribution in [-0.2, 0) is 6.54 Å². The van der Waals surface area contributed by atoms with Crippen molar-refractivity contribution in [1.29, 1.82) is 0 Å². The van der Waals surface area contributed by atoms with Crippen LogP contribution in [0.25, 0.3) is 0 Å². The van der Waals surface area contributed by atoms with Crippen molar-refractivity contribution in [3.63, 3.8) is 0 Å². The first-order valence-corrected chi connectivity index (χ1v) is 6.12. The van der Waals surface area contributed by atoms with E-state index in [0.29, 0.717) is 6.54 Å². The van der Waals surface area contributed by atoms with Crippen molar-refractivity contribution in [2.75, 3.05) is 12.8 Å². The molecule has 6 heteroatoms. The predicted molar refractivity (Wildman–Crippen MR) is 76.2 cm³/mol. The third-order valence-corrected chi connectivity index (χ3v) is 3.00. The van der Waals surface area contributed by atoms with E-state index in [2.05, 4.69) is 9.97 Å². The minimum atomic E-state index is -0.390. The van der Waals surface area contributed by atoms with Crippen LogP contribution in [0.5, 0.6) is 0 Å². The molecular weight excluding hydrogens is 256 g/mol. The summed E-state index contributed by atoms with van der Waals surface area (Å²) in [7, 11) is 1.66. The molecule has 0 radical (unpaired) electrons. The van der Waals surface area contributed by atoms with Crippen LogP contribution >= 0.6 is 0 Å². The van der Waals surface area contributed by atoms with Crippen molar-refractivity contribution in [3.05, 3.63) is 57.8 Å². The zero-order valence-electron chi connectivity index (χ0n) is 11.4. The Hall–Kier alpha value is -2.63. The first kappa shape index (κ1) is 13.8. The molecule has 0 saturated carbocycles. The maximum atomic E-state index is 12.2. The van der Waals surface area contributed by atoms with E-state index >= 15 is 0 Å². The Morgan fingerprint density at radius 3 is 2.85 bits per heavy atom. The van der Waals surface area contributed by atoms with Gasteiger partial charge in [-0.1, -0.05) is 0 Å². The number of nitrogen functional groups attached to an aromatic ring is 1. The lowest BCUT2D eigenvalue weighted by atomic mass is 10.1. The van der Waals surface area contributed by atoms with Crippen LogP contribution in [0.1, 0.15) is 21.6 Å². The van der Waals surface area contributed by atoms with E-state index in [-0.39, 0.29) is 22.8 Å². The maximum Gasteiger partial charge on any atom is 0.270 e. The van der Waals surface area contributed by atoms with Gasteiger partial charge in [-0.15, -0.1) is 0 Å². The molecule has 0 spiro atoms. The normalized spacial score (nSPS) is 10.3. The molecule has 0 saturated heterocycles. The van der Waals surface area contributed by atoms with Crippen molar-refractivity contribution in [2.45, 2.75) is 13.5 Å². The molecule has 3 N–H and O–H groups in total. The van der Waals surface area contributed by atoms with Gasteiger partial charge in [0.2, 0.25) is 0 Å². The summed E-state index contributed by atoms with van der Waals surface area (Å²) in [6, 6.07) is 4.58. The van der Waals surface area contributed by atoms with Gasteiger partial charge in [0.25, 0.3) is 11.5 Å². The Morgan fingerprint density at radius 1 is 1.45 bits per heavy atom. The minimum absolute atomic E-state index is 0.180. The number of carbonyl (C=O) groups excluding carboxylic acids is 1. The van der Waals surface area contributed by atoms with Gasteiger partial charge in [-0.05, 0) is 30.2 Å². The van der Waals surface area contributed by atoms with Gasteiger partial charge in [0.1, 0.15) is 5.69 Å². The second kappa shape index (κ2) is 5.56. The Bertz CT molecular complexity index is 694. The van der Waals surface area contributed by atoms with Gasteiger partial charge in [0, 0.05) is 37.7 Å². The van der Waals surface area contributed by atoms with Gasteiger partial charge in [-0.25, -0.2) is 0 Å². The van der Waals surface area contributed by atoms with Crippen molar-refractivity contribution >= 4 is 11.6 Å². The summed E-state index contributed by atoms with van der Waals surface area (Å²) in [6.45, 7) is 2.37. The summed E-state index contributed by atoms with van der Waals surface area (Å²) in [5.74, 6) is -0.294. The molecule has 2 rings (SSSR count). The topological polar surface area (TPSA) is 92.1 Å². The van der Waals surface area contributed by atoms with Crippen LogP contribution in [0.4, 0.5) is 5.69 Å². The number of pyridine rings is 2. The highest BCUT2D eigenvalue weighted by molar-refractivity contribution is 5.92. The highest BCUT2D eigenvalue weighted by atomic mass is 16.2. The fourth-order valence-electron chi connectivity index (χ4n) is 1.87. The zero-order chi connectivity index (χ0) is 14.7. The molecular formula is C14H16N4O2. The Labute approximate surface area is 116 Å². The second-order valence-corrected chi connectivity index (χ2v) is 4.65. The van der Waals surface area contributed by atoms with Crippen LogP contribution in [0.3, 0.4) is 0 Å². The first-order valence-electron chi connectivity index (χ1n) is 6.12. The second-order valence-electron chi connectivity index (χ2n) is 4.65. The number of rotatable bonds is 3. The molecule has 0 fully saturated rings. The van der Waals surface area contributed by atoms with Gasteiger partial charge >= 0.3 is 0 Å². The Kier molecular flexibility index (Phi) is 3.84. The van der Waals surface area contributed by atoms with Gasteiger partial charge < -0.3 is 15.6 Å². The summed E-state index contributed by atoms with van der Waals surface area (Å²) in [5, 5.41) is 0. The number of carbonyl (C=O) groups is 1. The summed E-state index contributed by atoms with van der Waals surface area (Å²) >= 11 is 0. The summed E-state index contributed by atoms with van der Waals surface area (Å²) in [6.07, 6.45) is 3.43. The number of nitrogens with two attached hydrogens (primary N) is 1. The van der Waals surface area contributed by atoms with E-state index in [1.165, 1.54) is 17.0 Å². The Balaban J connectivity index is 2.21. The SMILES string of the molecule is Cc1ccncc1CN(C)C(=O)c1cc(N)cc(=O)[nH]1. The number of hydrogen-bond acceptors (Lipinski definition) is 4. The number of aromatic nitrogens is 2. The van der Waals surface area contributed by atoms with E-state index < -0.39 is 0 Å². The van der Waals surface area contributed by atoms with E-state index in [1.807, 2.05) is 13.0 Å². The molecule has 2 aromatic heterocycles. The number of H-pyrrole nitrogens is 1. The monoisotopic (exact) mass is 272 g/mol. The van der Waals surface area contributed by atoms with Crippen LogP contribution < -0.4 is 11.3 Å². The fraction of sp³-hybridized carbons (Fsp3) is 0.214. The lowest BCUT2D eigenvalue weighted by Crippen LogP contribution is -2.29. The number of hydrogen-bond donors (Lipinski definition) is 2. The van der Waals surface area contributed by atoms with E-state index in [1.54, 1.807) is 19.4 Å². The largest absolute Gasteiger partial charge is 0.399 e. The van der Waals surface area contributed by atoms with Crippen LogP contribution in [0.15, 0.2) is 35.4 Å². The number of aromatic amines is 1. The molecule has 6 nitrogen and oxygen atoms in total. The Morgan fingerprint density at radius 2 is 2.20 bits per heavy atom. The molecule has 0 aliphatic heterocycles. The molecule has 0 bridgehead atoms. The third-order valence-electron chi connectivity index (χ3n) is 3.00. The quantitative estimate of drug-likeness (QED) is 0.869. The van der Waals surface area contributed by atoms with Gasteiger partial charge in [0.05, 0.1) is 0 Å². The average molecular weight is 272 g/mol. The number of nitrogens with one attached hydrogen (secondary N) is 1. The molecule has 0 aliphatic rings. The molecule has 0 atom stereocenters. The lowest BCUT2D eigenvalue weighted by Gasteiger charge is -2.18. The van der Waals surface area contributed by atoms with Crippen LogP contribution in [0, 0.1) is 6.92 Å². The van der Waals surface area contributed by atoms with E-state index in [4.69, 9.17) is 5.73 Å². The minimum Gasteiger partial charge on any atom is -0.399 e. The molecule has 0 unspecified atom stereocenters. The summed E-state index contributed by atoms with van der Waals surface area (Å²) in [4.78, 5) is 31.6. The molecule has 0 aromatic carbocycles. The van der Waals surface area contributed by atoms with Crippen LogP contribution in [-0.4, -0.2) is 27.8 Å². The fourth-order valence-corrected chi connectivity index (χ4v) is 1.87. The third kappa shape index (κ3) is 3.03. The smallest absolute Gasteiger partial charge is 0.270 e. The van der Waals surface area contributed by atoms with Gasteiger partial charge in [0.15, 0.2) is 0 Å². The lowest BCUT2D eigenvalue weighted by molar-refractivity contribution is 0.0779. The highest BCUT2D eigenvalue weighted by Crippen LogP contribution is 2.10. The van der Waals surface area contributed by atoms with Crippen molar-refractivity contribution in [1.82, 2.24) is 14.9 Å². The molecule has 20 heavy (non-hydrogen) atoms. The number of nitrogens with zero attached hydrogens (tertiary/aromatic N) is 2. The van der Waals surface area contributed by atoms with Crippen LogP contribution in [0.2, 0.25) is 0 Å². The zero-order valence-corrected chi connectivity index (χ0v) is 11.4. The maximum absolute atomic E-state index is 12.2. The standard InChI is InChI=1S/C14H16N4O2/c1-9-3-4-16-7-10(9)8-18(2)14(20)12-5-11(15)6-13(19)17-12/h3-7H,8H2,1-2H3,(H3,15,17,19). The van der Waals surface area contributed by atoms with Crippen molar-refractivity contribution < 1.29 is 4.79 Å². The molecule has 104 valence electrons. The molecule has 1 amide bonds. The molecule has 0 aliphatic carbocycles. The molecule has 2 aromatic rings. The molecule has 2 heterocycles. The highest BCUT2D eigenvalue weighted by Gasteiger charge is 2.14. The van der Waals surface area contributed by atoms with Crippen molar-refractivity contribution in [2.24, 2.45) is 0 Å². The van der Waals surface area contributed by atoms with Crippen molar-refractivity contribution in [3.8, 4) is 0 Å². The summed E-state index contributed by atoms with van der Waals surface area (Å²) in [5.41, 5.74) is 7.64. The van der Waals surface area contributed by atoms with Gasteiger partial charge in [-0.2, -0.15) is 0 Å².